The maximum absolute atomic E-state index is 13.0. The molecule has 1 aliphatic heterocycles. The number of carbonyl (C=O) groups excluding carboxylic acids is 1. The zero-order valence-corrected chi connectivity index (χ0v) is 17.2. The van der Waals surface area contributed by atoms with Crippen LogP contribution in [0.25, 0.3) is 0 Å². The van der Waals surface area contributed by atoms with Gasteiger partial charge in [-0.2, -0.15) is 0 Å². The number of halogens is 1. The lowest BCUT2D eigenvalue weighted by molar-refractivity contribution is -0.127. The highest BCUT2D eigenvalue weighted by Crippen LogP contribution is 2.14. The molecule has 7 heteroatoms. The molecule has 0 saturated carbocycles. The molecule has 0 radical (unpaired) electrons. The Balaban J connectivity index is 1.85. The molecule has 0 unspecified atom stereocenters. The average Bonchev–Trinajstić information content (AvgIpc) is 2.66. The minimum absolute atomic E-state index is 0.0365. The van der Waals surface area contributed by atoms with Crippen LogP contribution in [0.4, 0.5) is 4.39 Å². The van der Waals surface area contributed by atoms with E-state index in [2.05, 4.69) is 27.1 Å². The number of likely N-dealkylation sites (N-methyl/N-ethyl adjacent to an activating group) is 1. The Hall–Kier alpha value is -2.41. The van der Waals surface area contributed by atoms with Crippen molar-refractivity contribution in [3.05, 3.63) is 47.8 Å². The largest absolute Gasteiger partial charge is 0.354 e. The van der Waals surface area contributed by atoms with Gasteiger partial charge in [0.15, 0.2) is 5.96 Å². The van der Waals surface area contributed by atoms with Gasteiger partial charge >= 0.3 is 0 Å². The molecule has 1 amide bonds. The fourth-order valence-corrected chi connectivity index (χ4v) is 2.95. The molecular weight excluding hydrogens is 357 g/mol. The lowest BCUT2D eigenvalue weighted by Gasteiger charge is -2.33. The lowest BCUT2D eigenvalue weighted by atomic mass is 10.0. The first-order chi connectivity index (χ1) is 13.3. The number of hydrogen-bond donors (Lipinski definition) is 2. The fourth-order valence-electron chi connectivity index (χ4n) is 2.95. The second-order valence-electron chi connectivity index (χ2n) is 7.58. The van der Waals surface area contributed by atoms with Gasteiger partial charge in [0, 0.05) is 46.3 Å². The molecule has 0 aliphatic carbocycles. The van der Waals surface area contributed by atoms with E-state index >= 15 is 0 Å². The topological polar surface area (TPSA) is 60.0 Å². The zero-order chi connectivity index (χ0) is 20.5. The first kappa shape index (κ1) is 21.9. The third-order valence-corrected chi connectivity index (χ3v) is 4.68. The third-order valence-electron chi connectivity index (χ3n) is 4.68. The molecule has 1 aromatic carbocycles. The Kier molecular flexibility index (Phi) is 8.44. The maximum atomic E-state index is 13.0. The SMILES string of the molecule is C=C(C)CNC(=NCC(=O)N(C)C)NC1CCN(Cc2ccc(F)cc2)CC1. The van der Waals surface area contributed by atoms with E-state index in [4.69, 9.17) is 0 Å². The summed E-state index contributed by atoms with van der Waals surface area (Å²) in [6.45, 7) is 9.33. The minimum atomic E-state index is -0.200. The van der Waals surface area contributed by atoms with Gasteiger partial charge in [-0.25, -0.2) is 9.38 Å². The number of likely N-dealkylation sites (tertiary alicyclic amines) is 1. The first-order valence-corrected chi connectivity index (χ1v) is 9.69. The summed E-state index contributed by atoms with van der Waals surface area (Å²) in [6, 6.07) is 7.00. The molecule has 1 fully saturated rings. The Morgan fingerprint density at radius 1 is 1.29 bits per heavy atom. The number of piperidine rings is 1. The molecule has 28 heavy (non-hydrogen) atoms. The molecule has 2 rings (SSSR count). The summed E-state index contributed by atoms with van der Waals surface area (Å²) < 4.78 is 13.0. The summed E-state index contributed by atoms with van der Waals surface area (Å²) in [5.74, 6) is 0.411. The van der Waals surface area contributed by atoms with Crippen molar-refractivity contribution in [1.29, 1.82) is 0 Å². The minimum Gasteiger partial charge on any atom is -0.354 e. The van der Waals surface area contributed by atoms with E-state index in [0.717, 1.165) is 43.6 Å². The van der Waals surface area contributed by atoms with Crippen LogP contribution in [0.2, 0.25) is 0 Å². The highest BCUT2D eigenvalue weighted by molar-refractivity contribution is 5.85. The van der Waals surface area contributed by atoms with Gasteiger partial charge in [0.25, 0.3) is 0 Å². The molecule has 2 N–H and O–H groups in total. The van der Waals surface area contributed by atoms with Crippen LogP contribution in [0, 0.1) is 5.82 Å². The summed E-state index contributed by atoms with van der Waals surface area (Å²) in [7, 11) is 3.45. The van der Waals surface area contributed by atoms with Crippen LogP contribution >= 0.6 is 0 Å². The van der Waals surface area contributed by atoms with Crippen LogP contribution < -0.4 is 10.6 Å². The standard InChI is InChI=1S/C21H32FN5O/c1-16(2)13-23-21(24-14-20(28)26(3)4)25-19-9-11-27(12-10-19)15-17-5-7-18(22)8-6-17/h5-8,19H,1,9-15H2,2-4H3,(H2,23,24,25). The van der Waals surface area contributed by atoms with Gasteiger partial charge in [-0.1, -0.05) is 24.3 Å². The molecule has 0 aromatic heterocycles. The van der Waals surface area contributed by atoms with Crippen molar-refractivity contribution in [3.8, 4) is 0 Å². The van der Waals surface area contributed by atoms with Crippen LogP contribution in [-0.4, -0.2) is 68.0 Å². The number of amides is 1. The normalized spacial score (nSPS) is 15.9. The van der Waals surface area contributed by atoms with E-state index in [1.54, 1.807) is 14.1 Å². The summed E-state index contributed by atoms with van der Waals surface area (Å²) >= 11 is 0. The average molecular weight is 390 g/mol. The number of aliphatic imine (C=N–C) groups is 1. The predicted octanol–water partition coefficient (Wildman–Crippen LogP) is 1.99. The zero-order valence-electron chi connectivity index (χ0n) is 17.2. The highest BCUT2D eigenvalue weighted by Gasteiger charge is 2.20. The van der Waals surface area contributed by atoms with Crippen molar-refractivity contribution >= 4 is 11.9 Å². The third kappa shape index (κ3) is 7.68. The van der Waals surface area contributed by atoms with Crippen molar-refractivity contribution < 1.29 is 9.18 Å². The van der Waals surface area contributed by atoms with Crippen LogP contribution in [0.15, 0.2) is 41.4 Å². The second-order valence-corrected chi connectivity index (χ2v) is 7.58. The van der Waals surface area contributed by atoms with Gasteiger partial charge in [-0.3, -0.25) is 9.69 Å². The van der Waals surface area contributed by atoms with Crippen molar-refractivity contribution in [1.82, 2.24) is 20.4 Å². The number of hydrogen-bond acceptors (Lipinski definition) is 3. The number of rotatable bonds is 7. The van der Waals surface area contributed by atoms with E-state index in [-0.39, 0.29) is 18.3 Å². The van der Waals surface area contributed by atoms with Gasteiger partial charge in [-0.15, -0.1) is 0 Å². The van der Waals surface area contributed by atoms with E-state index < -0.39 is 0 Å². The van der Waals surface area contributed by atoms with Gasteiger partial charge < -0.3 is 15.5 Å². The molecule has 0 spiro atoms. The van der Waals surface area contributed by atoms with Gasteiger partial charge in [-0.05, 0) is 37.5 Å². The molecule has 1 heterocycles. The van der Waals surface area contributed by atoms with Crippen molar-refractivity contribution in [3.63, 3.8) is 0 Å². The Bertz CT molecular complexity index is 679. The first-order valence-electron chi connectivity index (χ1n) is 9.69. The van der Waals surface area contributed by atoms with Crippen LogP contribution in [-0.2, 0) is 11.3 Å². The van der Waals surface area contributed by atoms with Crippen molar-refractivity contribution in [2.75, 3.05) is 40.3 Å². The quantitative estimate of drug-likeness (QED) is 0.425. The smallest absolute Gasteiger partial charge is 0.243 e. The molecule has 154 valence electrons. The van der Waals surface area contributed by atoms with E-state index in [0.29, 0.717) is 18.5 Å². The molecule has 1 aromatic rings. The molecule has 1 saturated heterocycles. The number of nitrogens with zero attached hydrogens (tertiary/aromatic N) is 3. The number of benzene rings is 1. The molecule has 6 nitrogen and oxygen atoms in total. The van der Waals surface area contributed by atoms with Gasteiger partial charge in [0.2, 0.25) is 5.91 Å². The number of nitrogens with one attached hydrogen (secondary N) is 2. The lowest BCUT2D eigenvalue weighted by Crippen LogP contribution is -2.49. The Labute approximate surface area is 167 Å². The van der Waals surface area contributed by atoms with Crippen LogP contribution in [0.5, 0.6) is 0 Å². The second kappa shape index (κ2) is 10.8. The van der Waals surface area contributed by atoms with Crippen LogP contribution in [0.3, 0.4) is 0 Å². The van der Waals surface area contributed by atoms with Gasteiger partial charge in [0.05, 0.1) is 0 Å². The number of guanidine groups is 1. The molecular formula is C21H32FN5O. The summed E-state index contributed by atoms with van der Waals surface area (Å²) in [5.41, 5.74) is 2.13. The van der Waals surface area contributed by atoms with E-state index in [1.807, 2.05) is 19.1 Å². The molecule has 0 atom stereocenters. The maximum Gasteiger partial charge on any atom is 0.243 e. The van der Waals surface area contributed by atoms with Crippen molar-refractivity contribution in [2.45, 2.75) is 32.4 Å². The highest BCUT2D eigenvalue weighted by atomic mass is 19.1. The summed E-state index contributed by atoms with van der Waals surface area (Å²) in [5, 5.41) is 6.68. The summed E-state index contributed by atoms with van der Waals surface area (Å²) in [6.07, 6.45) is 1.97. The van der Waals surface area contributed by atoms with Crippen molar-refractivity contribution in [2.24, 2.45) is 4.99 Å². The van der Waals surface area contributed by atoms with E-state index in [1.165, 1.54) is 17.0 Å². The monoisotopic (exact) mass is 389 g/mol. The Morgan fingerprint density at radius 3 is 2.50 bits per heavy atom. The van der Waals surface area contributed by atoms with E-state index in [9.17, 15) is 9.18 Å². The Morgan fingerprint density at radius 2 is 1.93 bits per heavy atom. The molecule has 1 aliphatic rings. The molecule has 0 bridgehead atoms. The van der Waals surface area contributed by atoms with Gasteiger partial charge in [0.1, 0.15) is 12.4 Å². The fraction of sp³-hybridized carbons (Fsp3) is 0.524. The number of carbonyl (C=O) groups is 1. The van der Waals surface area contributed by atoms with Crippen LogP contribution in [0.1, 0.15) is 25.3 Å². The summed E-state index contributed by atoms with van der Waals surface area (Å²) in [4.78, 5) is 20.2. The predicted molar refractivity (Wildman–Crippen MR) is 112 cm³/mol.